The third kappa shape index (κ3) is 3.85. The Morgan fingerprint density at radius 2 is 2.41 bits per heavy atom. The van der Waals surface area contributed by atoms with E-state index in [4.69, 9.17) is 17.0 Å². The van der Waals surface area contributed by atoms with Crippen molar-refractivity contribution >= 4 is 23.3 Å². The summed E-state index contributed by atoms with van der Waals surface area (Å²) in [6.07, 6.45) is 9.41. The number of allylic oxidation sites excluding steroid dienone is 3. The van der Waals surface area contributed by atoms with Crippen LogP contribution in [0, 0.1) is 0 Å². The van der Waals surface area contributed by atoms with E-state index in [0.29, 0.717) is 18.1 Å². The summed E-state index contributed by atoms with van der Waals surface area (Å²) in [6, 6.07) is 0.174. The lowest BCUT2D eigenvalue weighted by molar-refractivity contribution is -0.122. The van der Waals surface area contributed by atoms with Crippen LogP contribution in [0.15, 0.2) is 24.0 Å². The fourth-order valence-corrected chi connectivity index (χ4v) is 2.09. The van der Waals surface area contributed by atoms with Gasteiger partial charge in [0.1, 0.15) is 5.76 Å². The van der Waals surface area contributed by atoms with Gasteiger partial charge in [0.15, 0.2) is 0 Å². The molecule has 2 aliphatic rings. The van der Waals surface area contributed by atoms with Gasteiger partial charge in [0.05, 0.1) is 0 Å². The Labute approximate surface area is 106 Å². The van der Waals surface area contributed by atoms with Crippen LogP contribution in [0.2, 0.25) is 0 Å². The fraction of sp³-hybridized carbons (Fsp3) is 0.500. The first-order valence-corrected chi connectivity index (χ1v) is 6.26. The lowest BCUT2D eigenvalue weighted by Gasteiger charge is -2.24. The van der Waals surface area contributed by atoms with Crippen LogP contribution in [0.4, 0.5) is 0 Å². The molecule has 0 aromatic rings. The highest BCUT2D eigenvalue weighted by Crippen LogP contribution is 2.11. The van der Waals surface area contributed by atoms with Gasteiger partial charge in [-0.25, -0.2) is 0 Å². The third-order valence-corrected chi connectivity index (χ3v) is 2.96. The summed E-state index contributed by atoms with van der Waals surface area (Å²) in [4.78, 5) is 11.0. The molecule has 1 aliphatic carbocycles. The van der Waals surface area contributed by atoms with E-state index in [1.165, 1.54) is 0 Å². The van der Waals surface area contributed by atoms with Crippen LogP contribution in [0.3, 0.4) is 0 Å². The highest BCUT2D eigenvalue weighted by molar-refractivity contribution is 7.80. The van der Waals surface area contributed by atoms with Crippen LogP contribution in [0.25, 0.3) is 0 Å². The first kappa shape index (κ1) is 12.1. The second-order valence-corrected chi connectivity index (χ2v) is 4.53. The molecule has 0 aromatic carbocycles. The Bertz CT molecular complexity index is 367. The topological polar surface area (TPSA) is 50.4 Å². The van der Waals surface area contributed by atoms with Gasteiger partial charge in [-0.15, -0.1) is 0 Å². The van der Waals surface area contributed by atoms with Gasteiger partial charge in [0.2, 0.25) is 5.91 Å². The summed E-state index contributed by atoms with van der Waals surface area (Å²) in [7, 11) is 0. The fourth-order valence-electron chi connectivity index (χ4n) is 1.82. The lowest BCUT2D eigenvalue weighted by Crippen LogP contribution is -2.47. The van der Waals surface area contributed by atoms with E-state index < -0.39 is 0 Å². The van der Waals surface area contributed by atoms with Crippen LogP contribution < -0.4 is 10.6 Å². The highest BCUT2D eigenvalue weighted by Gasteiger charge is 2.19. The summed E-state index contributed by atoms with van der Waals surface area (Å²) < 4.78 is 5.50. The molecule has 4 nitrogen and oxygen atoms in total. The third-order valence-electron chi connectivity index (χ3n) is 2.76. The average molecular weight is 252 g/mol. The van der Waals surface area contributed by atoms with E-state index in [1.807, 2.05) is 12.2 Å². The van der Waals surface area contributed by atoms with Crippen molar-refractivity contribution in [1.29, 1.82) is 0 Å². The second-order valence-electron chi connectivity index (χ2n) is 4.16. The van der Waals surface area contributed by atoms with Gasteiger partial charge in [-0.1, -0.05) is 6.08 Å². The van der Waals surface area contributed by atoms with Crippen molar-refractivity contribution in [2.45, 2.75) is 31.7 Å². The van der Waals surface area contributed by atoms with E-state index in [1.54, 1.807) is 0 Å². The summed E-state index contributed by atoms with van der Waals surface area (Å²) >= 11 is 5.12. The molecule has 0 bridgehead atoms. The van der Waals surface area contributed by atoms with Gasteiger partial charge in [-0.05, 0) is 43.6 Å². The monoisotopic (exact) mass is 252 g/mol. The molecular weight excluding hydrogens is 236 g/mol. The molecule has 1 amide bonds. The maximum absolute atomic E-state index is 11.0. The second kappa shape index (κ2) is 5.82. The number of rotatable bonds is 2. The maximum Gasteiger partial charge on any atom is 0.262 e. The van der Waals surface area contributed by atoms with Crippen molar-refractivity contribution < 1.29 is 9.53 Å². The molecule has 0 unspecified atom stereocenters. The zero-order valence-corrected chi connectivity index (χ0v) is 10.4. The molecule has 0 spiro atoms. The number of carbonyl (C=O) groups excluding carboxylic acids is 1. The largest absolute Gasteiger partial charge is 0.432 e. The summed E-state index contributed by atoms with van der Waals surface area (Å²) in [5.74, 6) is 0.904. The summed E-state index contributed by atoms with van der Waals surface area (Å²) in [6.45, 7) is 0.608. The Morgan fingerprint density at radius 1 is 1.53 bits per heavy atom. The van der Waals surface area contributed by atoms with Crippen molar-refractivity contribution in [3.05, 3.63) is 24.0 Å². The Balaban J connectivity index is 1.75. The SMILES string of the molecule is O=C1CC[C@H](NC(=S)OC2=CCCC=C2)CN1. The maximum atomic E-state index is 11.0. The smallest absolute Gasteiger partial charge is 0.262 e. The van der Waals surface area contributed by atoms with E-state index in [-0.39, 0.29) is 11.9 Å². The van der Waals surface area contributed by atoms with Crippen LogP contribution in [-0.4, -0.2) is 23.7 Å². The molecule has 5 heteroatoms. The normalized spacial score (nSPS) is 23.6. The molecule has 0 radical (unpaired) electrons. The minimum absolute atomic E-state index is 0.104. The molecule has 1 atom stereocenters. The van der Waals surface area contributed by atoms with E-state index in [0.717, 1.165) is 25.0 Å². The standard InChI is InChI=1S/C12H16N2O2S/c15-11-7-6-9(8-13-11)14-12(17)16-10-4-2-1-3-5-10/h2,4-5,9H,1,3,6-8H2,(H,13,15)(H,14,17)/t9-/m0/s1. The van der Waals surface area contributed by atoms with Gasteiger partial charge in [0, 0.05) is 19.0 Å². The van der Waals surface area contributed by atoms with Crippen LogP contribution >= 0.6 is 12.2 Å². The number of nitrogens with one attached hydrogen (secondary N) is 2. The van der Waals surface area contributed by atoms with Gasteiger partial charge < -0.3 is 15.4 Å². The van der Waals surface area contributed by atoms with Gasteiger partial charge in [-0.3, -0.25) is 4.79 Å². The van der Waals surface area contributed by atoms with Crippen LogP contribution in [0.5, 0.6) is 0 Å². The zero-order valence-electron chi connectivity index (χ0n) is 9.57. The Hall–Kier alpha value is -1.36. The lowest BCUT2D eigenvalue weighted by atomic mass is 10.1. The Kier molecular flexibility index (Phi) is 4.14. The van der Waals surface area contributed by atoms with Crippen LogP contribution in [0.1, 0.15) is 25.7 Å². The number of hydrogen-bond acceptors (Lipinski definition) is 3. The van der Waals surface area contributed by atoms with Crippen molar-refractivity contribution in [3.8, 4) is 0 Å². The first-order chi connectivity index (χ1) is 8.24. The highest BCUT2D eigenvalue weighted by atomic mass is 32.1. The predicted molar refractivity (Wildman–Crippen MR) is 69.3 cm³/mol. The molecule has 0 aromatic heterocycles. The van der Waals surface area contributed by atoms with Gasteiger partial charge in [0.25, 0.3) is 5.17 Å². The molecule has 0 saturated carbocycles. The molecule has 2 rings (SSSR count). The number of thiocarbonyl (C=S) groups is 1. The number of hydrogen-bond donors (Lipinski definition) is 2. The van der Waals surface area contributed by atoms with Crippen molar-refractivity contribution in [1.82, 2.24) is 10.6 Å². The zero-order chi connectivity index (χ0) is 12.1. The average Bonchev–Trinajstić information content (AvgIpc) is 2.33. The summed E-state index contributed by atoms with van der Waals surface area (Å²) in [5, 5.41) is 6.28. The van der Waals surface area contributed by atoms with Crippen LogP contribution in [-0.2, 0) is 9.53 Å². The number of amides is 1. The molecule has 17 heavy (non-hydrogen) atoms. The van der Waals surface area contributed by atoms with E-state index >= 15 is 0 Å². The quantitative estimate of drug-likeness (QED) is 0.729. The van der Waals surface area contributed by atoms with E-state index in [2.05, 4.69) is 16.7 Å². The first-order valence-electron chi connectivity index (χ1n) is 5.86. The van der Waals surface area contributed by atoms with Gasteiger partial charge >= 0.3 is 0 Å². The van der Waals surface area contributed by atoms with Crippen molar-refractivity contribution in [2.24, 2.45) is 0 Å². The number of carbonyl (C=O) groups is 1. The summed E-state index contributed by atoms with van der Waals surface area (Å²) in [5.41, 5.74) is 0. The molecule has 92 valence electrons. The predicted octanol–water partition coefficient (Wildman–Crippen LogP) is 1.39. The molecule has 1 saturated heterocycles. The van der Waals surface area contributed by atoms with Crippen molar-refractivity contribution in [2.75, 3.05) is 6.54 Å². The van der Waals surface area contributed by atoms with E-state index in [9.17, 15) is 4.79 Å². The molecular formula is C12H16N2O2S. The van der Waals surface area contributed by atoms with Gasteiger partial charge in [-0.2, -0.15) is 0 Å². The number of piperidine rings is 1. The van der Waals surface area contributed by atoms with Crippen molar-refractivity contribution in [3.63, 3.8) is 0 Å². The Morgan fingerprint density at radius 3 is 3.06 bits per heavy atom. The molecule has 1 fully saturated rings. The minimum atomic E-state index is 0.104. The molecule has 2 N–H and O–H groups in total. The molecule has 1 aliphatic heterocycles. The number of ether oxygens (including phenoxy) is 1. The molecule has 1 heterocycles. The minimum Gasteiger partial charge on any atom is -0.432 e.